The molecule has 0 unspecified atom stereocenters. The van der Waals surface area contributed by atoms with Gasteiger partial charge in [-0.15, -0.1) is 0 Å². The number of Topliss-reactive ketones (excluding diaryl/α,β-unsaturated/α-hetero) is 1. The van der Waals surface area contributed by atoms with Gasteiger partial charge in [-0.1, -0.05) is 38.1 Å². The second kappa shape index (κ2) is 7.23. The molecule has 0 amide bonds. The summed E-state index contributed by atoms with van der Waals surface area (Å²) >= 11 is 0. The fraction of sp³-hybridized carbons (Fsp3) is 0.533. The lowest BCUT2D eigenvalue weighted by atomic mass is 10.0. The number of benzene rings is 1. The molecule has 0 aliphatic heterocycles. The molecular weight excluding hydrogens is 210 g/mol. The van der Waals surface area contributed by atoms with E-state index in [-0.39, 0.29) is 5.78 Å². The van der Waals surface area contributed by atoms with Crippen molar-refractivity contribution in [3.63, 3.8) is 0 Å². The summed E-state index contributed by atoms with van der Waals surface area (Å²) in [6.45, 7) is 7.77. The first-order chi connectivity index (χ1) is 8.09. The van der Waals surface area contributed by atoms with Gasteiger partial charge in [0.2, 0.25) is 0 Å². The van der Waals surface area contributed by atoms with Crippen molar-refractivity contribution in [2.45, 2.75) is 39.5 Å². The molecule has 1 aromatic carbocycles. The van der Waals surface area contributed by atoms with Crippen LogP contribution in [0.4, 0.5) is 0 Å². The molecule has 0 aliphatic rings. The number of nitrogens with one attached hydrogen (secondary N) is 1. The number of rotatable bonds is 7. The Kier molecular flexibility index (Phi) is 5.92. The second-order valence-electron chi connectivity index (χ2n) is 4.85. The molecule has 17 heavy (non-hydrogen) atoms. The van der Waals surface area contributed by atoms with Crippen LogP contribution in [-0.4, -0.2) is 18.9 Å². The molecule has 94 valence electrons. The predicted molar refractivity (Wildman–Crippen MR) is 72.4 cm³/mol. The number of ketones is 1. The van der Waals surface area contributed by atoms with Crippen LogP contribution in [0, 0.1) is 0 Å². The van der Waals surface area contributed by atoms with Crippen molar-refractivity contribution in [1.29, 1.82) is 0 Å². The lowest BCUT2D eigenvalue weighted by Crippen LogP contribution is -2.20. The number of hydrogen-bond acceptors (Lipinski definition) is 2. The average Bonchev–Trinajstić information content (AvgIpc) is 2.29. The second-order valence-corrected chi connectivity index (χ2v) is 4.85. The van der Waals surface area contributed by atoms with E-state index in [4.69, 9.17) is 0 Å². The number of carbonyl (C=O) groups is 1. The molecule has 2 nitrogen and oxygen atoms in total. The Labute approximate surface area is 104 Å². The molecule has 0 saturated heterocycles. The molecule has 0 fully saturated rings. The topological polar surface area (TPSA) is 29.1 Å². The van der Waals surface area contributed by atoms with Crippen molar-refractivity contribution in [1.82, 2.24) is 5.32 Å². The summed E-state index contributed by atoms with van der Waals surface area (Å²) in [5.41, 5.74) is 2.74. The first-order valence-electron chi connectivity index (χ1n) is 6.38. The van der Waals surface area contributed by atoms with Crippen molar-refractivity contribution in [3.8, 4) is 0 Å². The maximum Gasteiger partial charge on any atom is 0.131 e. The van der Waals surface area contributed by atoms with Gasteiger partial charge in [-0.05, 0) is 36.9 Å². The molecule has 0 spiro atoms. The summed E-state index contributed by atoms with van der Waals surface area (Å²) in [4.78, 5) is 10.7. The highest BCUT2D eigenvalue weighted by atomic mass is 16.1. The van der Waals surface area contributed by atoms with E-state index in [1.54, 1.807) is 6.92 Å². The molecule has 0 atom stereocenters. The minimum atomic E-state index is 0.249. The van der Waals surface area contributed by atoms with Gasteiger partial charge in [0.25, 0.3) is 0 Å². The van der Waals surface area contributed by atoms with E-state index in [0.29, 0.717) is 12.3 Å². The molecule has 0 aromatic heterocycles. The maximum atomic E-state index is 10.7. The quantitative estimate of drug-likeness (QED) is 0.734. The van der Waals surface area contributed by atoms with Crippen LogP contribution in [-0.2, 0) is 11.2 Å². The van der Waals surface area contributed by atoms with E-state index >= 15 is 0 Å². The van der Waals surface area contributed by atoms with Crippen molar-refractivity contribution in [2.24, 2.45) is 0 Å². The zero-order valence-electron chi connectivity index (χ0n) is 11.1. The van der Waals surface area contributed by atoms with Crippen molar-refractivity contribution >= 4 is 5.78 Å². The highest BCUT2D eigenvalue weighted by Crippen LogP contribution is 2.14. The summed E-state index contributed by atoms with van der Waals surface area (Å²) in [5.74, 6) is 0.844. The van der Waals surface area contributed by atoms with Crippen molar-refractivity contribution in [3.05, 3.63) is 35.4 Å². The Bertz CT molecular complexity index is 340. The Morgan fingerprint density at radius 1 is 1.18 bits per heavy atom. The minimum Gasteiger partial charge on any atom is -0.316 e. The lowest BCUT2D eigenvalue weighted by Gasteiger charge is -2.07. The Hall–Kier alpha value is -1.15. The van der Waals surface area contributed by atoms with Gasteiger partial charge in [0, 0.05) is 13.0 Å². The highest BCUT2D eigenvalue weighted by molar-refractivity contribution is 5.75. The first-order valence-corrected chi connectivity index (χ1v) is 6.38. The predicted octanol–water partition coefficient (Wildman–Crippen LogP) is 2.92. The lowest BCUT2D eigenvalue weighted by molar-refractivity contribution is -0.116. The number of carbonyl (C=O) groups excluding carboxylic acids is 1. The van der Waals surface area contributed by atoms with E-state index in [9.17, 15) is 4.79 Å². The van der Waals surface area contributed by atoms with E-state index in [0.717, 1.165) is 19.5 Å². The van der Waals surface area contributed by atoms with Crippen LogP contribution in [0.1, 0.15) is 44.2 Å². The third kappa shape index (κ3) is 5.64. The average molecular weight is 233 g/mol. The highest BCUT2D eigenvalue weighted by Gasteiger charge is 1.99. The minimum absolute atomic E-state index is 0.249. The van der Waals surface area contributed by atoms with Crippen LogP contribution < -0.4 is 5.32 Å². The Balaban J connectivity index is 2.25. The van der Waals surface area contributed by atoms with Gasteiger partial charge in [-0.3, -0.25) is 4.79 Å². The molecule has 2 heteroatoms. The summed E-state index contributed by atoms with van der Waals surface area (Å²) < 4.78 is 0. The maximum absolute atomic E-state index is 10.7. The largest absolute Gasteiger partial charge is 0.316 e. The fourth-order valence-corrected chi connectivity index (χ4v) is 1.69. The third-order valence-electron chi connectivity index (χ3n) is 2.89. The molecule has 0 saturated carbocycles. The van der Waals surface area contributed by atoms with E-state index < -0.39 is 0 Å². The van der Waals surface area contributed by atoms with Gasteiger partial charge in [-0.2, -0.15) is 0 Å². The van der Waals surface area contributed by atoms with Gasteiger partial charge < -0.3 is 5.32 Å². The molecule has 1 N–H and O–H groups in total. The smallest absolute Gasteiger partial charge is 0.131 e. The summed E-state index contributed by atoms with van der Waals surface area (Å²) in [5, 5.41) is 3.28. The fourth-order valence-electron chi connectivity index (χ4n) is 1.69. The van der Waals surface area contributed by atoms with Crippen LogP contribution in [0.2, 0.25) is 0 Å². The summed E-state index contributed by atoms with van der Waals surface area (Å²) in [6.07, 6.45) is 1.66. The Morgan fingerprint density at radius 2 is 1.82 bits per heavy atom. The van der Waals surface area contributed by atoms with Crippen molar-refractivity contribution < 1.29 is 4.79 Å². The zero-order valence-corrected chi connectivity index (χ0v) is 11.1. The van der Waals surface area contributed by atoms with E-state index in [2.05, 4.69) is 43.4 Å². The molecular formula is C15H23NO. The van der Waals surface area contributed by atoms with E-state index in [1.165, 1.54) is 11.1 Å². The SMILES string of the molecule is CC(=O)CCNCCc1ccc(C(C)C)cc1. The van der Waals surface area contributed by atoms with Gasteiger partial charge in [-0.25, -0.2) is 0 Å². The van der Waals surface area contributed by atoms with E-state index in [1.807, 2.05) is 0 Å². The van der Waals surface area contributed by atoms with Crippen molar-refractivity contribution in [2.75, 3.05) is 13.1 Å². The van der Waals surface area contributed by atoms with Crippen LogP contribution in [0.25, 0.3) is 0 Å². The van der Waals surface area contributed by atoms with Crippen LogP contribution >= 0.6 is 0 Å². The molecule has 0 heterocycles. The van der Waals surface area contributed by atoms with Gasteiger partial charge in [0.15, 0.2) is 0 Å². The number of hydrogen-bond donors (Lipinski definition) is 1. The molecule has 1 aromatic rings. The summed E-state index contributed by atoms with van der Waals surface area (Å²) in [7, 11) is 0. The first kappa shape index (κ1) is 13.9. The van der Waals surface area contributed by atoms with Crippen LogP contribution in [0.3, 0.4) is 0 Å². The monoisotopic (exact) mass is 233 g/mol. The normalized spacial score (nSPS) is 10.8. The Morgan fingerprint density at radius 3 is 2.35 bits per heavy atom. The molecule has 1 rings (SSSR count). The van der Waals surface area contributed by atoms with Gasteiger partial charge in [0.1, 0.15) is 5.78 Å². The third-order valence-corrected chi connectivity index (χ3v) is 2.89. The molecule has 0 aliphatic carbocycles. The van der Waals surface area contributed by atoms with Crippen LogP contribution in [0.5, 0.6) is 0 Å². The summed E-state index contributed by atoms with van der Waals surface area (Å²) in [6, 6.07) is 8.80. The van der Waals surface area contributed by atoms with Gasteiger partial charge >= 0.3 is 0 Å². The molecule has 0 bridgehead atoms. The zero-order chi connectivity index (χ0) is 12.7. The standard InChI is InChI=1S/C15H23NO/c1-12(2)15-6-4-14(5-7-15)9-11-16-10-8-13(3)17/h4-7,12,16H,8-11H2,1-3H3. The van der Waals surface area contributed by atoms with Crippen LogP contribution in [0.15, 0.2) is 24.3 Å². The van der Waals surface area contributed by atoms with Gasteiger partial charge in [0.05, 0.1) is 0 Å². The molecule has 0 radical (unpaired) electrons.